The molecule has 2 saturated heterocycles. The lowest BCUT2D eigenvalue weighted by molar-refractivity contribution is -0.139. The number of benzene rings is 1. The van der Waals surface area contributed by atoms with Crippen LogP contribution < -0.4 is 24.7 Å². The maximum atomic E-state index is 10.7. The van der Waals surface area contributed by atoms with Crippen LogP contribution in [-0.2, 0) is 9.53 Å². The topological polar surface area (TPSA) is 135 Å². The van der Waals surface area contributed by atoms with E-state index in [0.717, 1.165) is 44.6 Å². The minimum absolute atomic E-state index is 0.341. The van der Waals surface area contributed by atoms with Gasteiger partial charge in [0.25, 0.3) is 0 Å². The average Bonchev–Trinajstić information content (AvgIpc) is 3.38. The Morgan fingerprint density at radius 1 is 1.12 bits per heavy atom. The largest absolute Gasteiger partial charge is 0.493 e. The van der Waals surface area contributed by atoms with Crippen LogP contribution in [0.2, 0.25) is 0 Å². The van der Waals surface area contributed by atoms with Gasteiger partial charge in [-0.15, -0.1) is 0 Å². The van der Waals surface area contributed by atoms with Crippen molar-refractivity contribution < 1.29 is 24.1 Å². The Labute approximate surface area is 191 Å². The number of nitrogens with one attached hydrogen (secondary N) is 1. The van der Waals surface area contributed by atoms with Crippen LogP contribution in [0.4, 0.5) is 17.8 Å². The molecule has 1 aromatic heterocycles. The Hall–Kier alpha value is -3.67. The maximum absolute atomic E-state index is 10.7. The lowest BCUT2D eigenvalue weighted by Crippen LogP contribution is -2.38. The molecular weight excluding hydrogens is 430 g/mol. The summed E-state index contributed by atoms with van der Waals surface area (Å²) in [6, 6.07) is 5.08. The van der Waals surface area contributed by atoms with Gasteiger partial charge in [0.1, 0.15) is 0 Å². The smallest absolute Gasteiger partial charge is 0.341 e. The summed E-state index contributed by atoms with van der Waals surface area (Å²) in [5, 5.41) is 13.1. The molecule has 0 atom stereocenters. The minimum atomic E-state index is -1.06. The molecule has 0 spiro atoms. The molecule has 3 heterocycles. The lowest BCUT2D eigenvalue weighted by atomic mass is 10.2. The second-order valence-corrected chi connectivity index (χ2v) is 7.52. The second kappa shape index (κ2) is 10.8. The van der Waals surface area contributed by atoms with Crippen molar-refractivity contribution in [3.05, 3.63) is 23.8 Å². The van der Waals surface area contributed by atoms with E-state index >= 15 is 0 Å². The van der Waals surface area contributed by atoms with Crippen LogP contribution in [-0.4, -0.2) is 85.4 Å². The molecule has 0 unspecified atom stereocenters. The van der Waals surface area contributed by atoms with Crippen LogP contribution >= 0.6 is 0 Å². The summed E-state index contributed by atoms with van der Waals surface area (Å²) in [6.07, 6.45) is 3.83. The van der Waals surface area contributed by atoms with Crippen LogP contribution in [0.3, 0.4) is 0 Å². The van der Waals surface area contributed by atoms with E-state index in [1.165, 1.54) is 7.11 Å². The molecule has 33 heavy (non-hydrogen) atoms. The summed E-state index contributed by atoms with van der Waals surface area (Å²) in [7, 11) is 1.49. The molecule has 2 aliphatic rings. The van der Waals surface area contributed by atoms with Gasteiger partial charge in [0, 0.05) is 26.2 Å². The fourth-order valence-corrected chi connectivity index (χ4v) is 3.55. The van der Waals surface area contributed by atoms with E-state index in [4.69, 9.17) is 19.3 Å². The zero-order valence-electron chi connectivity index (χ0n) is 18.4. The maximum Gasteiger partial charge on any atom is 0.341 e. The zero-order valence-corrected chi connectivity index (χ0v) is 18.4. The predicted molar refractivity (Wildman–Crippen MR) is 122 cm³/mol. The minimum Gasteiger partial charge on any atom is -0.493 e. The van der Waals surface area contributed by atoms with E-state index in [2.05, 4.69) is 35.3 Å². The summed E-state index contributed by atoms with van der Waals surface area (Å²) in [4.78, 5) is 28.7. The molecule has 12 heteroatoms. The summed E-state index contributed by atoms with van der Waals surface area (Å²) in [6.45, 7) is 4.12. The van der Waals surface area contributed by atoms with Crippen molar-refractivity contribution in [2.45, 2.75) is 12.8 Å². The summed E-state index contributed by atoms with van der Waals surface area (Å²) < 4.78 is 15.9. The number of anilines is 3. The highest BCUT2D eigenvalue weighted by Gasteiger charge is 2.21. The molecule has 0 radical (unpaired) electrons. The van der Waals surface area contributed by atoms with Gasteiger partial charge in [0.05, 0.1) is 26.5 Å². The molecule has 0 saturated carbocycles. The van der Waals surface area contributed by atoms with Gasteiger partial charge >= 0.3 is 5.97 Å². The highest BCUT2D eigenvalue weighted by Crippen LogP contribution is 2.27. The van der Waals surface area contributed by atoms with Gasteiger partial charge in [-0.25, -0.2) is 10.2 Å². The number of nitrogens with zero attached hydrogens (tertiary/aromatic N) is 6. The number of rotatable bonds is 9. The van der Waals surface area contributed by atoms with Crippen LogP contribution in [0.1, 0.15) is 18.4 Å². The third kappa shape index (κ3) is 5.98. The Kier molecular flexibility index (Phi) is 7.35. The SMILES string of the molecule is COc1cc(/C=N\Nc2nc(N3CCCC3)nc(N3CCOCC3)n2)ccc1OCC(=O)O. The standard InChI is InChI=1S/C21H27N7O5/c1-31-17-12-15(4-5-16(17)33-14-18(29)30)13-22-26-19-23-20(27-6-2-3-7-27)25-21(24-19)28-8-10-32-11-9-28/h4-5,12-13H,2-3,6-11,14H2,1H3,(H,29,30)(H,23,24,25,26)/b22-13-. The predicted octanol–water partition coefficient (Wildman–Crippen LogP) is 1.23. The first kappa shape index (κ1) is 22.5. The summed E-state index contributed by atoms with van der Waals surface area (Å²) in [5.41, 5.74) is 3.63. The number of morpholine rings is 1. The molecule has 0 amide bonds. The molecule has 2 N–H and O–H groups in total. The first-order chi connectivity index (χ1) is 16.1. The monoisotopic (exact) mass is 457 g/mol. The number of ether oxygens (including phenoxy) is 3. The molecule has 0 aliphatic carbocycles. The first-order valence-electron chi connectivity index (χ1n) is 10.8. The van der Waals surface area contributed by atoms with Crippen molar-refractivity contribution >= 4 is 30.0 Å². The fraction of sp³-hybridized carbons (Fsp3) is 0.476. The van der Waals surface area contributed by atoms with Crippen LogP contribution in [0, 0.1) is 0 Å². The van der Waals surface area contributed by atoms with Gasteiger partial charge in [-0.1, -0.05) is 0 Å². The number of aromatic nitrogens is 3. The Balaban J connectivity index is 1.49. The van der Waals surface area contributed by atoms with Gasteiger partial charge in [-0.2, -0.15) is 20.1 Å². The van der Waals surface area contributed by atoms with Gasteiger partial charge < -0.3 is 29.1 Å². The number of carboxylic acids is 1. The quantitative estimate of drug-likeness (QED) is 0.416. The van der Waals surface area contributed by atoms with Crippen molar-refractivity contribution in [3.8, 4) is 11.5 Å². The highest BCUT2D eigenvalue weighted by atomic mass is 16.5. The Morgan fingerprint density at radius 3 is 2.48 bits per heavy atom. The number of hydrogen-bond donors (Lipinski definition) is 2. The average molecular weight is 457 g/mol. The molecule has 2 aliphatic heterocycles. The van der Waals surface area contributed by atoms with E-state index in [1.54, 1.807) is 24.4 Å². The Morgan fingerprint density at radius 2 is 1.82 bits per heavy atom. The number of hydrazone groups is 1. The van der Waals surface area contributed by atoms with E-state index in [0.29, 0.717) is 42.6 Å². The molecule has 0 bridgehead atoms. The third-order valence-corrected chi connectivity index (χ3v) is 5.21. The van der Waals surface area contributed by atoms with Crippen molar-refractivity contribution in [1.29, 1.82) is 0 Å². The van der Waals surface area contributed by atoms with Gasteiger partial charge in [-0.05, 0) is 36.6 Å². The lowest BCUT2D eigenvalue weighted by Gasteiger charge is -2.27. The first-order valence-corrected chi connectivity index (χ1v) is 10.8. The van der Waals surface area contributed by atoms with Gasteiger partial charge in [0.2, 0.25) is 17.8 Å². The number of hydrogen-bond acceptors (Lipinski definition) is 11. The van der Waals surface area contributed by atoms with Crippen molar-refractivity contribution in [3.63, 3.8) is 0 Å². The van der Waals surface area contributed by atoms with Crippen LogP contribution in [0.25, 0.3) is 0 Å². The molecular formula is C21H27N7O5. The number of carboxylic acid groups (broad SMARTS) is 1. The summed E-state index contributed by atoms with van der Waals surface area (Å²) in [5.74, 6) is 1.30. The third-order valence-electron chi connectivity index (χ3n) is 5.21. The molecule has 2 fully saturated rings. The normalized spacial score (nSPS) is 16.3. The second-order valence-electron chi connectivity index (χ2n) is 7.52. The summed E-state index contributed by atoms with van der Waals surface area (Å²) >= 11 is 0. The van der Waals surface area contributed by atoms with Gasteiger partial charge in [0.15, 0.2) is 18.1 Å². The van der Waals surface area contributed by atoms with E-state index in [-0.39, 0.29) is 0 Å². The van der Waals surface area contributed by atoms with E-state index < -0.39 is 12.6 Å². The molecule has 1 aromatic carbocycles. The molecule has 2 aromatic rings. The number of methoxy groups -OCH3 is 1. The number of carbonyl (C=O) groups is 1. The van der Waals surface area contributed by atoms with E-state index in [9.17, 15) is 4.79 Å². The Bertz CT molecular complexity index is 991. The van der Waals surface area contributed by atoms with Crippen LogP contribution in [0.5, 0.6) is 11.5 Å². The van der Waals surface area contributed by atoms with Crippen molar-refractivity contribution in [1.82, 2.24) is 15.0 Å². The van der Waals surface area contributed by atoms with Crippen molar-refractivity contribution in [2.75, 3.05) is 68.3 Å². The molecule has 4 rings (SSSR count). The molecule has 12 nitrogen and oxygen atoms in total. The van der Waals surface area contributed by atoms with E-state index in [1.807, 2.05) is 0 Å². The number of aliphatic carboxylic acids is 1. The fourth-order valence-electron chi connectivity index (χ4n) is 3.55. The van der Waals surface area contributed by atoms with Crippen LogP contribution in [0.15, 0.2) is 23.3 Å². The van der Waals surface area contributed by atoms with Crippen molar-refractivity contribution in [2.24, 2.45) is 5.10 Å². The highest BCUT2D eigenvalue weighted by molar-refractivity contribution is 5.81. The molecule has 176 valence electrons. The van der Waals surface area contributed by atoms with Gasteiger partial charge in [-0.3, -0.25) is 0 Å². The zero-order chi connectivity index (χ0) is 23.0.